The summed E-state index contributed by atoms with van der Waals surface area (Å²) < 4.78 is 25.1. The topological polar surface area (TPSA) is 44.9 Å². The Kier molecular flexibility index (Phi) is 4.54. The van der Waals surface area contributed by atoms with Crippen LogP contribution in [0.1, 0.15) is 23.6 Å². The number of guanidine groups is 1. The first-order valence-electron chi connectivity index (χ1n) is 6.58. The Morgan fingerprint density at radius 2 is 2.00 bits per heavy atom. The summed E-state index contributed by atoms with van der Waals surface area (Å²) in [4.78, 5) is 8.36. The zero-order valence-corrected chi connectivity index (χ0v) is 11.8. The molecule has 1 aromatic carbocycles. The van der Waals surface area contributed by atoms with Gasteiger partial charge in [0.15, 0.2) is 5.96 Å². The van der Waals surface area contributed by atoms with E-state index in [0.717, 1.165) is 18.7 Å². The highest BCUT2D eigenvalue weighted by Gasteiger charge is 2.27. The first kappa shape index (κ1) is 14.7. The molecule has 0 bridgehead atoms. The maximum Gasteiger partial charge on any atom is 0.263 e. The second-order valence-corrected chi connectivity index (χ2v) is 5.18. The number of nitrogens with two attached hydrogens (primary N) is 1. The van der Waals surface area contributed by atoms with E-state index in [9.17, 15) is 8.78 Å². The normalized spacial score (nSPS) is 19.0. The van der Waals surface area contributed by atoms with Crippen LogP contribution in [0.15, 0.2) is 29.3 Å². The van der Waals surface area contributed by atoms with E-state index < -0.39 is 6.43 Å². The summed E-state index contributed by atoms with van der Waals surface area (Å²) in [7, 11) is 3.99. The molecule has 2 N–H and O–H groups in total. The highest BCUT2D eigenvalue weighted by molar-refractivity contribution is 5.80. The minimum atomic E-state index is -2.43. The predicted octanol–water partition coefficient (Wildman–Crippen LogP) is 1.86. The third-order valence-corrected chi connectivity index (χ3v) is 3.46. The number of rotatable bonds is 5. The molecule has 2 rings (SSSR count). The number of likely N-dealkylation sites (N-methyl/N-ethyl adjacent to an activating group) is 1. The van der Waals surface area contributed by atoms with Crippen LogP contribution in [-0.4, -0.2) is 49.5 Å². The largest absolute Gasteiger partial charge is 0.370 e. The highest BCUT2D eigenvalue weighted by Crippen LogP contribution is 2.27. The summed E-state index contributed by atoms with van der Waals surface area (Å²) >= 11 is 0. The second-order valence-electron chi connectivity index (χ2n) is 5.18. The predicted molar refractivity (Wildman–Crippen MR) is 75.9 cm³/mol. The molecule has 0 aliphatic carbocycles. The van der Waals surface area contributed by atoms with E-state index >= 15 is 0 Å². The highest BCUT2D eigenvalue weighted by atomic mass is 19.3. The molecule has 1 unspecified atom stereocenters. The molecule has 0 radical (unpaired) electrons. The van der Waals surface area contributed by atoms with Crippen molar-refractivity contribution in [2.24, 2.45) is 10.7 Å². The van der Waals surface area contributed by atoms with Crippen LogP contribution in [0.2, 0.25) is 0 Å². The molecular formula is C14H20F2N4. The number of aliphatic imine (C=N–C) groups is 1. The molecule has 110 valence electrons. The van der Waals surface area contributed by atoms with Gasteiger partial charge in [0.2, 0.25) is 0 Å². The summed E-state index contributed by atoms with van der Waals surface area (Å²) in [6.45, 7) is 2.21. The smallest absolute Gasteiger partial charge is 0.263 e. The maximum atomic E-state index is 12.6. The summed E-state index contributed by atoms with van der Waals surface area (Å²) in [5.41, 5.74) is 6.92. The molecule has 1 aliphatic heterocycles. The van der Waals surface area contributed by atoms with Gasteiger partial charge in [-0.1, -0.05) is 24.3 Å². The van der Waals surface area contributed by atoms with Crippen LogP contribution in [0.5, 0.6) is 0 Å². The molecule has 0 saturated carbocycles. The standard InChI is InChI=1S/C14H20F2N4/c1-19(2)7-8-20-12(9-18-14(20)17)10-3-5-11(6-4-10)13(15)16/h3-6,12-13H,7-9H2,1-2H3,(H2,17,18). The van der Waals surface area contributed by atoms with Gasteiger partial charge in [0.25, 0.3) is 6.43 Å². The molecule has 4 nitrogen and oxygen atoms in total. The lowest BCUT2D eigenvalue weighted by molar-refractivity contribution is 0.151. The molecule has 0 amide bonds. The molecule has 6 heteroatoms. The Bertz CT molecular complexity index is 471. The van der Waals surface area contributed by atoms with E-state index in [0.29, 0.717) is 12.5 Å². The maximum absolute atomic E-state index is 12.6. The van der Waals surface area contributed by atoms with Crippen LogP contribution in [-0.2, 0) is 0 Å². The van der Waals surface area contributed by atoms with Gasteiger partial charge in [-0.05, 0) is 19.7 Å². The van der Waals surface area contributed by atoms with Gasteiger partial charge in [0.05, 0.1) is 12.6 Å². The first-order chi connectivity index (χ1) is 9.49. The SMILES string of the molecule is CN(C)CCN1C(N)=NCC1c1ccc(C(F)F)cc1. The Hall–Kier alpha value is -1.69. The van der Waals surface area contributed by atoms with Gasteiger partial charge in [-0.3, -0.25) is 4.99 Å². The van der Waals surface area contributed by atoms with E-state index in [1.54, 1.807) is 12.1 Å². The van der Waals surface area contributed by atoms with Crippen molar-refractivity contribution in [2.45, 2.75) is 12.5 Å². The van der Waals surface area contributed by atoms with Gasteiger partial charge >= 0.3 is 0 Å². The van der Waals surface area contributed by atoms with Gasteiger partial charge < -0.3 is 15.5 Å². The van der Waals surface area contributed by atoms with Crippen LogP contribution in [0, 0.1) is 0 Å². The molecule has 0 spiro atoms. The minimum Gasteiger partial charge on any atom is -0.370 e. The van der Waals surface area contributed by atoms with Gasteiger partial charge in [0.1, 0.15) is 0 Å². The molecule has 1 aromatic rings. The van der Waals surface area contributed by atoms with Crippen molar-refractivity contribution in [1.29, 1.82) is 0 Å². The van der Waals surface area contributed by atoms with Crippen LogP contribution >= 0.6 is 0 Å². The third-order valence-electron chi connectivity index (χ3n) is 3.46. The number of nitrogens with zero attached hydrogens (tertiary/aromatic N) is 3. The molecular weight excluding hydrogens is 262 g/mol. The molecule has 0 fully saturated rings. The number of alkyl halides is 2. The molecule has 1 heterocycles. The number of hydrogen-bond donors (Lipinski definition) is 1. The Balaban J connectivity index is 2.10. The lowest BCUT2D eigenvalue weighted by Crippen LogP contribution is -2.40. The van der Waals surface area contributed by atoms with Gasteiger partial charge in [-0.25, -0.2) is 8.78 Å². The van der Waals surface area contributed by atoms with Crippen molar-refractivity contribution in [3.05, 3.63) is 35.4 Å². The van der Waals surface area contributed by atoms with Crippen LogP contribution in [0.3, 0.4) is 0 Å². The van der Waals surface area contributed by atoms with Crippen molar-refractivity contribution in [3.63, 3.8) is 0 Å². The Morgan fingerprint density at radius 3 is 2.55 bits per heavy atom. The molecule has 1 atom stereocenters. The second kappa shape index (κ2) is 6.17. The summed E-state index contributed by atoms with van der Waals surface area (Å²) in [5, 5.41) is 0. The van der Waals surface area contributed by atoms with Crippen molar-refractivity contribution < 1.29 is 8.78 Å². The zero-order chi connectivity index (χ0) is 14.7. The summed E-state index contributed by atoms with van der Waals surface area (Å²) in [6, 6.07) is 6.46. The van der Waals surface area contributed by atoms with Gasteiger partial charge in [-0.2, -0.15) is 0 Å². The first-order valence-corrected chi connectivity index (χ1v) is 6.58. The van der Waals surface area contributed by atoms with Crippen LogP contribution in [0.4, 0.5) is 8.78 Å². The Labute approximate surface area is 117 Å². The van der Waals surface area contributed by atoms with Crippen molar-refractivity contribution in [2.75, 3.05) is 33.7 Å². The van der Waals surface area contributed by atoms with Crippen molar-refractivity contribution in [1.82, 2.24) is 9.80 Å². The summed E-state index contributed by atoms with van der Waals surface area (Å²) in [6.07, 6.45) is -2.43. The lowest BCUT2D eigenvalue weighted by atomic mass is 10.0. The van der Waals surface area contributed by atoms with Crippen molar-refractivity contribution >= 4 is 5.96 Å². The number of benzene rings is 1. The minimum absolute atomic E-state index is 0.0421. The van der Waals surface area contributed by atoms with E-state index in [1.807, 2.05) is 19.0 Å². The number of hydrogen-bond acceptors (Lipinski definition) is 4. The molecule has 1 aliphatic rings. The Morgan fingerprint density at radius 1 is 1.35 bits per heavy atom. The van der Waals surface area contributed by atoms with Crippen LogP contribution < -0.4 is 5.73 Å². The van der Waals surface area contributed by atoms with Crippen molar-refractivity contribution in [3.8, 4) is 0 Å². The lowest BCUT2D eigenvalue weighted by Gasteiger charge is -2.28. The monoisotopic (exact) mass is 282 g/mol. The third kappa shape index (κ3) is 3.25. The van der Waals surface area contributed by atoms with E-state index in [1.165, 1.54) is 12.1 Å². The zero-order valence-electron chi connectivity index (χ0n) is 11.8. The average Bonchev–Trinajstić information content (AvgIpc) is 2.77. The molecule has 0 aromatic heterocycles. The number of halogens is 2. The quantitative estimate of drug-likeness (QED) is 0.896. The fraction of sp³-hybridized carbons (Fsp3) is 0.500. The van der Waals surface area contributed by atoms with Gasteiger partial charge in [-0.15, -0.1) is 0 Å². The van der Waals surface area contributed by atoms with E-state index in [-0.39, 0.29) is 11.6 Å². The molecule has 20 heavy (non-hydrogen) atoms. The van der Waals surface area contributed by atoms with Gasteiger partial charge in [0, 0.05) is 18.7 Å². The summed E-state index contributed by atoms with van der Waals surface area (Å²) in [5.74, 6) is 0.523. The van der Waals surface area contributed by atoms with Crippen LogP contribution in [0.25, 0.3) is 0 Å². The van der Waals surface area contributed by atoms with E-state index in [4.69, 9.17) is 5.73 Å². The van der Waals surface area contributed by atoms with E-state index in [2.05, 4.69) is 9.89 Å². The average molecular weight is 282 g/mol. The fourth-order valence-corrected chi connectivity index (χ4v) is 2.26. The molecule has 0 saturated heterocycles. The fourth-order valence-electron chi connectivity index (χ4n) is 2.26.